The van der Waals surface area contributed by atoms with Crippen LogP contribution in [0.1, 0.15) is 18.9 Å². The van der Waals surface area contributed by atoms with Crippen LogP contribution in [0, 0.1) is 0 Å². The van der Waals surface area contributed by atoms with E-state index in [4.69, 9.17) is 16.3 Å². The van der Waals surface area contributed by atoms with Crippen LogP contribution in [0.15, 0.2) is 42.5 Å². The minimum atomic E-state index is -0.581. The molecule has 154 valence electrons. The number of amides is 2. The van der Waals surface area contributed by atoms with Crippen molar-refractivity contribution in [2.45, 2.75) is 19.8 Å². The Bertz CT molecular complexity index is 1130. The summed E-state index contributed by atoms with van der Waals surface area (Å²) in [6, 6.07) is 12.5. The predicted molar refractivity (Wildman–Crippen MR) is 114 cm³/mol. The molecule has 0 unspecified atom stereocenters. The largest absolute Gasteiger partial charge is 0.421 e. The molecule has 2 amide bonds. The number of para-hydroxylation sites is 1. The zero-order valence-corrected chi connectivity index (χ0v) is 17.3. The molecule has 2 heterocycles. The van der Waals surface area contributed by atoms with Gasteiger partial charge in [-0.1, -0.05) is 35.0 Å². The van der Waals surface area contributed by atoms with Crippen molar-refractivity contribution in [3.05, 3.63) is 53.1 Å². The third-order valence-corrected chi connectivity index (χ3v) is 5.21. The molecule has 0 saturated heterocycles. The smallest absolute Gasteiger partial charge is 0.408 e. The lowest BCUT2D eigenvalue weighted by Gasteiger charge is -2.22. The van der Waals surface area contributed by atoms with Crippen molar-refractivity contribution < 1.29 is 14.3 Å². The highest BCUT2D eigenvalue weighted by atomic mass is 35.5. The van der Waals surface area contributed by atoms with E-state index in [9.17, 15) is 9.59 Å². The van der Waals surface area contributed by atoms with Gasteiger partial charge in [-0.15, -0.1) is 5.10 Å². The summed E-state index contributed by atoms with van der Waals surface area (Å²) in [6.07, 6.45) is 0.508. The first-order chi connectivity index (χ1) is 14.5. The number of aryl methyl sites for hydroxylation is 2. The maximum atomic E-state index is 12.9. The monoisotopic (exact) mass is 425 g/mol. The molecule has 2 aromatic carbocycles. The summed E-state index contributed by atoms with van der Waals surface area (Å²) >= 11 is 6.12. The van der Waals surface area contributed by atoms with Gasteiger partial charge in [0.15, 0.2) is 11.6 Å². The van der Waals surface area contributed by atoms with Gasteiger partial charge in [-0.25, -0.2) is 9.48 Å². The second-order valence-electron chi connectivity index (χ2n) is 6.85. The van der Waals surface area contributed by atoms with Gasteiger partial charge in [-0.05, 0) is 43.2 Å². The molecule has 3 aromatic rings. The SMILES string of the molecule is CCN(C(=O)Oc1ccccc1Cl)c1c(-c2ccc3c(c2)CCC(=O)N3)nnn1C. The first-order valence-corrected chi connectivity index (χ1v) is 9.92. The fraction of sp³-hybridized carbons (Fsp3) is 0.238. The summed E-state index contributed by atoms with van der Waals surface area (Å²) in [5, 5.41) is 11.6. The third-order valence-electron chi connectivity index (χ3n) is 4.90. The van der Waals surface area contributed by atoms with Crippen LogP contribution in [0.25, 0.3) is 11.3 Å². The Morgan fingerprint density at radius 3 is 2.83 bits per heavy atom. The Kier molecular flexibility index (Phi) is 5.41. The minimum absolute atomic E-state index is 0.00918. The highest BCUT2D eigenvalue weighted by molar-refractivity contribution is 6.32. The van der Waals surface area contributed by atoms with Gasteiger partial charge < -0.3 is 10.1 Å². The molecule has 0 atom stereocenters. The van der Waals surface area contributed by atoms with Crippen molar-refractivity contribution in [1.29, 1.82) is 0 Å². The first kappa shape index (κ1) is 19.9. The number of fused-ring (bicyclic) bond motifs is 1. The predicted octanol–water partition coefficient (Wildman–Crippen LogP) is 4.05. The number of halogens is 1. The molecule has 1 aromatic heterocycles. The molecule has 0 fully saturated rings. The Morgan fingerprint density at radius 1 is 1.27 bits per heavy atom. The molecule has 0 radical (unpaired) electrons. The fourth-order valence-electron chi connectivity index (χ4n) is 3.41. The van der Waals surface area contributed by atoms with Crippen LogP contribution >= 0.6 is 11.6 Å². The number of nitrogens with zero attached hydrogens (tertiary/aromatic N) is 4. The van der Waals surface area contributed by atoms with Gasteiger partial charge >= 0.3 is 6.09 Å². The van der Waals surface area contributed by atoms with Gasteiger partial charge in [0.2, 0.25) is 5.91 Å². The third kappa shape index (κ3) is 3.73. The number of ether oxygens (including phenoxy) is 1. The van der Waals surface area contributed by atoms with Crippen LogP contribution in [-0.4, -0.2) is 33.5 Å². The number of rotatable bonds is 4. The van der Waals surface area contributed by atoms with Crippen molar-refractivity contribution in [3.8, 4) is 17.0 Å². The van der Waals surface area contributed by atoms with E-state index in [1.165, 1.54) is 9.58 Å². The number of carbonyl (C=O) groups is 2. The number of anilines is 2. The Balaban J connectivity index is 1.68. The Labute approximate surface area is 178 Å². The molecule has 0 bridgehead atoms. The molecule has 0 aliphatic carbocycles. The molecule has 0 spiro atoms. The second kappa shape index (κ2) is 8.16. The number of aromatic nitrogens is 3. The van der Waals surface area contributed by atoms with E-state index in [0.717, 1.165) is 16.8 Å². The van der Waals surface area contributed by atoms with Crippen LogP contribution in [0.3, 0.4) is 0 Å². The standard InChI is InChI=1S/C21H20ClN5O3/c1-3-27(21(29)30-17-7-5-4-6-15(17)22)20-19(24-25-26(20)2)14-8-10-16-13(12-14)9-11-18(28)23-16/h4-8,10,12H,3,9,11H2,1-2H3,(H,23,28). The number of benzene rings is 2. The van der Waals surface area contributed by atoms with Gasteiger partial charge in [-0.2, -0.15) is 0 Å². The summed E-state index contributed by atoms with van der Waals surface area (Å²) in [7, 11) is 1.72. The lowest BCUT2D eigenvalue weighted by molar-refractivity contribution is -0.116. The molecule has 8 nitrogen and oxygen atoms in total. The summed E-state index contributed by atoms with van der Waals surface area (Å²) in [5.41, 5.74) is 3.17. The van der Waals surface area contributed by atoms with E-state index in [1.807, 2.05) is 25.1 Å². The summed E-state index contributed by atoms with van der Waals surface area (Å²) in [6.45, 7) is 2.19. The quantitative estimate of drug-likeness (QED) is 0.681. The number of carbonyl (C=O) groups excluding carboxylic acids is 2. The zero-order chi connectivity index (χ0) is 21.3. The maximum Gasteiger partial charge on any atom is 0.421 e. The molecule has 1 aliphatic heterocycles. The number of hydrogen-bond donors (Lipinski definition) is 1. The molecular formula is C21H20ClN5O3. The average Bonchev–Trinajstić information content (AvgIpc) is 3.11. The van der Waals surface area contributed by atoms with E-state index < -0.39 is 6.09 Å². The lowest BCUT2D eigenvalue weighted by atomic mass is 9.99. The van der Waals surface area contributed by atoms with Gasteiger partial charge in [-0.3, -0.25) is 9.69 Å². The molecule has 9 heteroatoms. The Morgan fingerprint density at radius 2 is 2.07 bits per heavy atom. The van der Waals surface area contributed by atoms with Crippen LogP contribution in [-0.2, 0) is 18.3 Å². The van der Waals surface area contributed by atoms with Gasteiger partial charge in [0.25, 0.3) is 0 Å². The van der Waals surface area contributed by atoms with Crippen molar-refractivity contribution in [2.24, 2.45) is 7.05 Å². The van der Waals surface area contributed by atoms with E-state index >= 15 is 0 Å². The van der Waals surface area contributed by atoms with Crippen molar-refractivity contribution in [1.82, 2.24) is 15.0 Å². The van der Waals surface area contributed by atoms with E-state index in [1.54, 1.807) is 31.3 Å². The topological polar surface area (TPSA) is 89.3 Å². The minimum Gasteiger partial charge on any atom is -0.408 e. The summed E-state index contributed by atoms with van der Waals surface area (Å²) < 4.78 is 7.04. The maximum absolute atomic E-state index is 12.9. The molecule has 1 aliphatic rings. The number of hydrogen-bond acceptors (Lipinski definition) is 5. The van der Waals surface area contributed by atoms with E-state index in [2.05, 4.69) is 15.6 Å². The normalized spacial score (nSPS) is 12.8. The fourth-order valence-corrected chi connectivity index (χ4v) is 3.59. The number of nitrogens with one attached hydrogen (secondary N) is 1. The second-order valence-corrected chi connectivity index (χ2v) is 7.26. The highest BCUT2D eigenvalue weighted by Crippen LogP contribution is 2.33. The van der Waals surface area contributed by atoms with Crippen LogP contribution in [0.4, 0.5) is 16.3 Å². The summed E-state index contributed by atoms with van der Waals surface area (Å²) in [5.74, 6) is 0.799. The van der Waals surface area contributed by atoms with Gasteiger partial charge in [0, 0.05) is 31.3 Å². The average molecular weight is 426 g/mol. The van der Waals surface area contributed by atoms with Crippen molar-refractivity contribution in [2.75, 3.05) is 16.8 Å². The zero-order valence-electron chi connectivity index (χ0n) is 16.6. The van der Waals surface area contributed by atoms with Gasteiger partial charge in [0.05, 0.1) is 5.02 Å². The molecule has 0 saturated carbocycles. The molecular weight excluding hydrogens is 406 g/mol. The summed E-state index contributed by atoms with van der Waals surface area (Å²) in [4.78, 5) is 26.0. The molecule has 4 rings (SSSR count). The van der Waals surface area contributed by atoms with Crippen molar-refractivity contribution in [3.63, 3.8) is 0 Å². The van der Waals surface area contributed by atoms with Crippen molar-refractivity contribution >= 4 is 35.1 Å². The molecule has 30 heavy (non-hydrogen) atoms. The lowest BCUT2D eigenvalue weighted by Crippen LogP contribution is -2.35. The Hall–Kier alpha value is -3.39. The van der Waals surface area contributed by atoms with E-state index in [-0.39, 0.29) is 11.7 Å². The molecule has 1 N–H and O–H groups in total. The first-order valence-electron chi connectivity index (χ1n) is 9.54. The van der Waals surface area contributed by atoms with E-state index in [0.29, 0.717) is 35.9 Å². The van der Waals surface area contributed by atoms with Gasteiger partial charge in [0.1, 0.15) is 5.69 Å². The van der Waals surface area contributed by atoms with Crippen LogP contribution in [0.2, 0.25) is 5.02 Å². The van der Waals surface area contributed by atoms with Crippen LogP contribution < -0.4 is 15.0 Å². The highest BCUT2D eigenvalue weighted by Gasteiger charge is 2.26. The van der Waals surface area contributed by atoms with Crippen LogP contribution in [0.5, 0.6) is 5.75 Å².